The average Bonchev–Trinajstić information content (AvgIpc) is 3.57. The second kappa shape index (κ2) is 68.9. The molecule has 0 aromatic rings. The van der Waals surface area contributed by atoms with Crippen LogP contribution in [0, 0.1) is 0 Å². The van der Waals surface area contributed by atoms with E-state index >= 15 is 0 Å². The molecule has 0 aromatic carbocycles. The van der Waals surface area contributed by atoms with Crippen molar-refractivity contribution in [1.82, 2.24) is 0 Å². The van der Waals surface area contributed by atoms with Gasteiger partial charge in [0.25, 0.3) is 6.29 Å². The van der Waals surface area contributed by atoms with Crippen LogP contribution in [-0.2, 0) is 33.3 Å². The molecule has 0 saturated heterocycles. The van der Waals surface area contributed by atoms with Crippen LogP contribution in [-0.4, -0.2) is 87.4 Å². The number of allylic oxidation sites excluding steroid dienone is 10. The Labute approximate surface area is 539 Å². The largest absolute Gasteiger partial charge is 0.477 e. The van der Waals surface area contributed by atoms with Gasteiger partial charge in [-0.15, -0.1) is 0 Å². The lowest BCUT2D eigenvalue weighted by atomic mass is 10.0. The number of hydrogen-bond donors (Lipinski definition) is 1. The van der Waals surface area contributed by atoms with Gasteiger partial charge < -0.3 is 28.5 Å². The molecule has 2 atom stereocenters. The smallest absolute Gasteiger partial charge is 0.361 e. The van der Waals surface area contributed by atoms with Crippen LogP contribution in [0.3, 0.4) is 0 Å². The third kappa shape index (κ3) is 70.3. The average molecular weight is 1220 g/mol. The van der Waals surface area contributed by atoms with E-state index in [1.165, 1.54) is 263 Å². The maximum Gasteiger partial charge on any atom is 0.361 e. The standard InChI is InChI=1S/C78H143NO8/c1-6-8-10-12-14-16-18-20-22-24-26-28-29-30-31-32-33-34-35-36-37-38-39-40-41-42-43-44-45-46-47-49-50-52-54-56-58-60-62-64-66-68-75(80)85-72-74(73-86-78(77(82)83)84-71-70-79(3,4)5)87-76(81)69-67-65-63-61-59-57-55-53-51-48-27-25-23-21-19-17-15-13-11-9-7-2/h18-21,24-27,51,53,74,78H,6-17,22-23,28-50,52,54-73H2,1-5H3/p+1/b20-18-,21-19-,26-24-,27-25-,53-51-. The van der Waals surface area contributed by atoms with Gasteiger partial charge >= 0.3 is 17.9 Å². The van der Waals surface area contributed by atoms with Crippen molar-refractivity contribution in [2.45, 2.75) is 373 Å². The summed E-state index contributed by atoms with van der Waals surface area (Å²) in [6.45, 7) is 4.88. The van der Waals surface area contributed by atoms with Crippen molar-refractivity contribution >= 4 is 17.9 Å². The summed E-state index contributed by atoms with van der Waals surface area (Å²) in [7, 11) is 5.98. The normalized spacial score (nSPS) is 13.0. The molecule has 1 N–H and O–H groups in total. The Bertz CT molecular complexity index is 1610. The predicted molar refractivity (Wildman–Crippen MR) is 373 cm³/mol. The third-order valence-electron chi connectivity index (χ3n) is 16.7. The van der Waals surface area contributed by atoms with Gasteiger partial charge in [-0.3, -0.25) is 9.59 Å². The van der Waals surface area contributed by atoms with E-state index in [0.29, 0.717) is 23.9 Å². The molecular formula is C78H144NO8+. The number of nitrogens with zero attached hydrogens (tertiary/aromatic N) is 1. The number of aliphatic carboxylic acids is 1. The molecular weight excluding hydrogens is 1080 g/mol. The van der Waals surface area contributed by atoms with Crippen molar-refractivity contribution in [3.05, 3.63) is 60.8 Å². The minimum absolute atomic E-state index is 0.185. The minimum atomic E-state index is -1.52. The third-order valence-corrected chi connectivity index (χ3v) is 16.7. The zero-order valence-corrected chi connectivity index (χ0v) is 58.2. The molecule has 0 aliphatic rings. The van der Waals surface area contributed by atoms with E-state index < -0.39 is 24.3 Å². The summed E-state index contributed by atoms with van der Waals surface area (Å²) in [6, 6.07) is 0. The molecule has 9 nitrogen and oxygen atoms in total. The van der Waals surface area contributed by atoms with Gasteiger partial charge in [-0.05, 0) is 83.5 Å². The minimum Gasteiger partial charge on any atom is -0.477 e. The summed E-state index contributed by atoms with van der Waals surface area (Å²) in [5.74, 6) is -2.00. The molecule has 0 rings (SSSR count). The van der Waals surface area contributed by atoms with E-state index in [0.717, 1.165) is 64.2 Å². The molecule has 0 bridgehead atoms. The van der Waals surface area contributed by atoms with Gasteiger partial charge in [0.15, 0.2) is 6.10 Å². The van der Waals surface area contributed by atoms with E-state index in [1.54, 1.807) is 0 Å². The molecule has 0 spiro atoms. The number of rotatable bonds is 70. The van der Waals surface area contributed by atoms with Crippen LogP contribution < -0.4 is 0 Å². The molecule has 0 aromatic heterocycles. The Morgan fingerprint density at radius 3 is 0.920 bits per heavy atom. The maximum atomic E-state index is 12.9. The van der Waals surface area contributed by atoms with Gasteiger partial charge in [0.2, 0.25) is 0 Å². The van der Waals surface area contributed by atoms with Crippen LogP contribution in [0.5, 0.6) is 0 Å². The Morgan fingerprint density at radius 1 is 0.345 bits per heavy atom. The highest BCUT2D eigenvalue weighted by atomic mass is 16.7. The molecule has 0 fully saturated rings. The molecule has 87 heavy (non-hydrogen) atoms. The van der Waals surface area contributed by atoms with Crippen LogP contribution in [0.4, 0.5) is 0 Å². The fraction of sp³-hybridized carbons (Fsp3) is 0.833. The lowest BCUT2D eigenvalue weighted by molar-refractivity contribution is -0.870. The van der Waals surface area contributed by atoms with Crippen molar-refractivity contribution in [3.63, 3.8) is 0 Å². The number of carbonyl (C=O) groups excluding carboxylic acids is 2. The highest BCUT2D eigenvalue weighted by Gasteiger charge is 2.25. The monoisotopic (exact) mass is 1220 g/mol. The lowest BCUT2D eigenvalue weighted by Gasteiger charge is -2.25. The second-order valence-corrected chi connectivity index (χ2v) is 26.6. The SMILES string of the molecule is CCCCCCC/C=C\C/C=C\C/C=C\CCCCCCCCC(=O)OC(COC(=O)CCCCCCCCCCCCCCCCCCCCCCCCCCCCCCC/C=C\C/C=C\CCCCCCC)COC(OCC[N+](C)(C)C)C(=O)O. The zero-order valence-electron chi connectivity index (χ0n) is 58.2. The molecule has 0 aliphatic carbocycles. The van der Waals surface area contributed by atoms with Crippen molar-refractivity contribution in [2.75, 3.05) is 47.5 Å². The van der Waals surface area contributed by atoms with Crippen molar-refractivity contribution in [2.24, 2.45) is 0 Å². The zero-order chi connectivity index (χ0) is 63.3. The van der Waals surface area contributed by atoms with Crippen LogP contribution >= 0.6 is 0 Å². The number of hydrogen-bond acceptors (Lipinski definition) is 7. The van der Waals surface area contributed by atoms with Crippen molar-refractivity contribution < 1.29 is 42.9 Å². The summed E-state index contributed by atoms with van der Waals surface area (Å²) in [4.78, 5) is 37.6. The topological polar surface area (TPSA) is 108 Å². The van der Waals surface area contributed by atoms with Crippen molar-refractivity contribution in [1.29, 1.82) is 0 Å². The Hall–Kier alpha value is -3.01. The molecule has 0 heterocycles. The molecule has 9 heteroatoms. The lowest BCUT2D eigenvalue weighted by Crippen LogP contribution is -2.40. The molecule has 0 radical (unpaired) electrons. The molecule has 508 valence electrons. The highest BCUT2D eigenvalue weighted by molar-refractivity contribution is 5.71. The van der Waals surface area contributed by atoms with Gasteiger partial charge in [-0.25, -0.2) is 4.79 Å². The number of carbonyl (C=O) groups is 3. The molecule has 2 unspecified atom stereocenters. The number of unbranched alkanes of at least 4 members (excludes halogenated alkanes) is 45. The predicted octanol–water partition coefficient (Wildman–Crippen LogP) is 23.5. The Balaban J connectivity index is 3.94. The highest BCUT2D eigenvalue weighted by Crippen LogP contribution is 2.19. The van der Waals surface area contributed by atoms with E-state index in [2.05, 4.69) is 74.6 Å². The Morgan fingerprint density at radius 2 is 0.621 bits per heavy atom. The summed E-state index contributed by atoms with van der Waals surface area (Å²) < 4.78 is 23.0. The van der Waals surface area contributed by atoms with Crippen LogP contribution in [0.1, 0.15) is 361 Å². The number of quaternary nitrogens is 1. The van der Waals surface area contributed by atoms with Gasteiger partial charge in [-0.2, -0.15) is 0 Å². The van der Waals surface area contributed by atoms with Crippen LogP contribution in [0.25, 0.3) is 0 Å². The van der Waals surface area contributed by atoms with Gasteiger partial charge in [0, 0.05) is 12.8 Å². The second-order valence-electron chi connectivity index (χ2n) is 26.6. The van der Waals surface area contributed by atoms with E-state index in [9.17, 15) is 19.5 Å². The number of carboxylic acid groups (broad SMARTS) is 1. The van der Waals surface area contributed by atoms with Crippen molar-refractivity contribution in [3.8, 4) is 0 Å². The summed E-state index contributed by atoms with van der Waals surface area (Å²) in [5, 5.41) is 9.74. The quantitative estimate of drug-likeness (QED) is 0.0211. The summed E-state index contributed by atoms with van der Waals surface area (Å²) >= 11 is 0. The first-order chi connectivity index (χ1) is 42.6. The maximum absolute atomic E-state index is 12.9. The van der Waals surface area contributed by atoms with Crippen LogP contribution in [0.2, 0.25) is 0 Å². The van der Waals surface area contributed by atoms with E-state index in [4.69, 9.17) is 18.9 Å². The number of likely N-dealkylation sites (N-methyl/N-ethyl adjacent to an activating group) is 1. The summed E-state index contributed by atoms with van der Waals surface area (Å²) in [5.41, 5.74) is 0. The van der Waals surface area contributed by atoms with E-state index in [1.807, 2.05) is 21.1 Å². The van der Waals surface area contributed by atoms with Gasteiger partial charge in [0.05, 0.1) is 34.4 Å². The van der Waals surface area contributed by atoms with Gasteiger partial charge in [0.1, 0.15) is 13.2 Å². The first-order valence-electron chi connectivity index (χ1n) is 37.5. The van der Waals surface area contributed by atoms with Crippen LogP contribution in [0.15, 0.2) is 60.8 Å². The summed E-state index contributed by atoms with van der Waals surface area (Å²) in [6.07, 6.45) is 88.0. The number of esters is 2. The first-order valence-corrected chi connectivity index (χ1v) is 37.5. The molecule has 0 amide bonds. The molecule has 0 aliphatic heterocycles. The Kier molecular flexibility index (Phi) is 66.5. The molecule has 0 saturated carbocycles. The van der Waals surface area contributed by atoms with E-state index in [-0.39, 0.29) is 32.2 Å². The fourth-order valence-corrected chi connectivity index (χ4v) is 11.0. The first kappa shape index (κ1) is 84.0. The number of ether oxygens (including phenoxy) is 4. The number of carboxylic acids is 1. The van der Waals surface area contributed by atoms with Gasteiger partial charge in [-0.1, -0.05) is 325 Å². The fourth-order valence-electron chi connectivity index (χ4n) is 11.0.